The Morgan fingerprint density at radius 2 is 2.11 bits per heavy atom. The van der Waals surface area contributed by atoms with Crippen molar-refractivity contribution in [3.05, 3.63) is 69.1 Å². The van der Waals surface area contributed by atoms with Crippen molar-refractivity contribution < 1.29 is 4.39 Å². The topological polar surface area (TPSA) is 46.9 Å². The van der Waals surface area contributed by atoms with Crippen LogP contribution in [-0.4, -0.2) is 16.1 Å². The standard InChI is InChI=1S/C21H22FN3OS/c1-2-13-25-20(26)18-15-8-4-6-10-17(15)27-19(18)24-21(25)23-12-11-14-7-3-5-9-16(14)22/h2-3,5,7,9H,1,4,6,8,10-13H2,(H,23,24). The Kier molecular flexibility index (Phi) is 5.07. The van der Waals surface area contributed by atoms with Crippen molar-refractivity contribution in [3.8, 4) is 0 Å². The van der Waals surface area contributed by atoms with E-state index in [2.05, 4.69) is 11.9 Å². The summed E-state index contributed by atoms with van der Waals surface area (Å²) in [6, 6.07) is 6.75. The number of allylic oxidation sites excluding steroid dienone is 1. The van der Waals surface area contributed by atoms with Crippen molar-refractivity contribution in [2.45, 2.75) is 38.6 Å². The fourth-order valence-corrected chi connectivity index (χ4v) is 4.93. The number of thiophene rings is 1. The summed E-state index contributed by atoms with van der Waals surface area (Å²) < 4.78 is 15.4. The molecule has 3 aromatic rings. The molecule has 1 aliphatic rings. The highest BCUT2D eigenvalue weighted by molar-refractivity contribution is 7.18. The van der Waals surface area contributed by atoms with Crippen LogP contribution in [0.5, 0.6) is 0 Å². The molecule has 0 saturated carbocycles. The van der Waals surface area contributed by atoms with Gasteiger partial charge in [-0.3, -0.25) is 9.36 Å². The van der Waals surface area contributed by atoms with Gasteiger partial charge in [-0.05, 0) is 49.3 Å². The van der Waals surface area contributed by atoms with Gasteiger partial charge in [-0.2, -0.15) is 0 Å². The Hall–Kier alpha value is -2.47. The number of nitrogens with zero attached hydrogens (tertiary/aromatic N) is 2. The summed E-state index contributed by atoms with van der Waals surface area (Å²) in [5.74, 6) is 0.319. The van der Waals surface area contributed by atoms with Crippen LogP contribution < -0.4 is 10.9 Å². The maximum absolute atomic E-state index is 13.8. The number of aromatic nitrogens is 2. The molecule has 4 rings (SSSR count). The van der Waals surface area contributed by atoms with E-state index in [1.54, 1.807) is 34.1 Å². The van der Waals surface area contributed by atoms with Gasteiger partial charge in [0.05, 0.1) is 5.39 Å². The number of anilines is 1. The van der Waals surface area contributed by atoms with Crippen LogP contribution in [0.2, 0.25) is 0 Å². The molecule has 0 atom stereocenters. The summed E-state index contributed by atoms with van der Waals surface area (Å²) in [5.41, 5.74) is 1.83. The molecule has 27 heavy (non-hydrogen) atoms. The zero-order valence-electron chi connectivity index (χ0n) is 15.1. The highest BCUT2D eigenvalue weighted by Crippen LogP contribution is 2.34. The summed E-state index contributed by atoms with van der Waals surface area (Å²) >= 11 is 1.64. The first-order chi connectivity index (χ1) is 13.2. The molecule has 1 N–H and O–H groups in total. The quantitative estimate of drug-likeness (QED) is 0.645. The fraction of sp³-hybridized carbons (Fsp3) is 0.333. The second-order valence-corrected chi connectivity index (χ2v) is 7.88. The lowest BCUT2D eigenvalue weighted by Crippen LogP contribution is -2.25. The number of rotatable bonds is 6. The van der Waals surface area contributed by atoms with Gasteiger partial charge in [0.1, 0.15) is 10.6 Å². The van der Waals surface area contributed by atoms with E-state index in [1.807, 2.05) is 6.07 Å². The third kappa shape index (κ3) is 3.41. The van der Waals surface area contributed by atoms with Crippen LogP contribution in [0.1, 0.15) is 28.8 Å². The zero-order valence-corrected chi connectivity index (χ0v) is 15.9. The van der Waals surface area contributed by atoms with E-state index in [0.29, 0.717) is 31.0 Å². The first-order valence-electron chi connectivity index (χ1n) is 9.32. The summed E-state index contributed by atoms with van der Waals surface area (Å²) in [5, 5.41) is 4.01. The minimum absolute atomic E-state index is 0.00677. The van der Waals surface area contributed by atoms with Crippen LogP contribution in [0.4, 0.5) is 10.3 Å². The van der Waals surface area contributed by atoms with Crippen molar-refractivity contribution >= 4 is 27.5 Å². The minimum Gasteiger partial charge on any atom is -0.355 e. The van der Waals surface area contributed by atoms with E-state index >= 15 is 0 Å². The maximum atomic E-state index is 13.8. The predicted octanol–water partition coefficient (Wildman–Crippen LogP) is 4.32. The van der Waals surface area contributed by atoms with E-state index in [-0.39, 0.29) is 11.4 Å². The Morgan fingerprint density at radius 1 is 1.30 bits per heavy atom. The highest BCUT2D eigenvalue weighted by Gasteiger charge is 2.21. The van der Waals surface area contributed by atoms with Crippen molar-refractivity contribution in [1.82, 2.24) is 9.55 Å². The third-order valence-electron chi connectivity index (χ3n) is 5.02. The fourth-order valence-electron chi connectivity index (χ4n) is 3.68. The lowest BCUT2D eigenvalue weighted by Gasteiger charge is -2.14. The molecule has 0 aliphatic heterocycles. The van der Waals surface area contributed by atoms with Crippen molar-refractivity contribution in [3.63, 3.8) is 0 Å². The van der Waals surface area contributed by atoms with Crippen LogP contribution in [0.25, 0.3) is 10.2 Å². The highest BCUT2D eigenvalue weighted by atomic mass is 32.1. The molecule has 1 aliphatic carbocycles. The van der Waals surface area contributed by atoms with Crippen LogP contribution in [0.15, 0.2) is 41.7 Å². The number of benzene rings is 1. The third-order valence-corrected chi connectivity index (χ3v) is 6.21. The normalized spacial score (nSPS) is 13.5. The molecular weight excluding hydrogens is 361 g/mol. The second-order valence-electron chi connectivity index (χ2n) is 6.80. The first-order valence-corrected chi connectivity index (χ1v) is 10.1. The molecule has 2 heterocycles. The molecule has 0 amide bonds. The Morgan fingerprint density at radius 3 is 2.93 bits per heavy atom. The molecule has 140 valence electrons. The monoisotopic (exact) mass is 383 g/mol. The van der Waals surface area contributed by atoms with Crippen molar-refractivity contribution in [2.24, 2.45) is 0 Å². The Balaban J connectivity index is 1.67. The second kappa shape index (κ2) is 7.64. The van der Waals surface area contributed by atoms with E-state index in [4.69, 9.17) is 4.98 Å². The van der Waals surface area contributed by atoms with Gasteiger partial charge in [0.2, 0.25) is 5.95 Å². The van der Waals surface area contributed by atoms with Crippen LogP contribution in [0, 0.1) is 5.82 Å². The number of fused-ring (bicyclic) bond motifs is 3. The summed E-state index contributed by atoms with van der Waals surface area (Å²) in [6.45, 7) is 4.67. The van der Waals surface area contributed by atoms with Gasteiger partial charge in [0.15, 0.2) is 0 Å². The Labute approximate surface area is 161 Å². The number of hydrogen-bond acceptors (Lipinski definition) is 4. The molecule has 1 aromatic carbocycles. The smallest absolute Gasteiger partial charge is 0.264 e. The minimum atomic E-state index is -0.211. The molecular formula is C21H22FN3OS. The maximum Gasteiger partial charge on any atom is 0.264 e. The number of aryl methyl sites for hydroxylation is 2. The summed E-state index contributed by atoms with van der Waals surface area (Å²) in [6.07, 6.45) is 6.52. The van der Waals surface area contributed by atoms with E-state index in [0.717, 1.165) is 29.5 Å². The zero-order chi connectivity index (χ0) is 18.8. The molecule has 0 spiro atoms. The average molecular weight is 383 g/mol. The first kappa shape index (κ1) is 17.9. The number of halogens is 1. The molecule has 4 nitrogen and oxygen atoms in total. The molecule has 6 heteroatoms. The molecule has 0 bridgehead atoms. The van der Waals surface area contributed by atoms with E-state index < -0.39 is 0 Å². The van der Waals surface area contributed by atoms with Crippen LogP contribution in [-0.2, 0) is 25.8 Å². The van der Waals surface area contributed by atoms with Gasteiger partial charge >= 0.3 is 0 Å². The van der Waals surface area contributed by atoms with Gasteiger partial charge < -0.3 is 5.32 Å². The van der Waals surface area contributed by atoms with Gasteiger partial charge in [0.25, 0.3) is 5.56 Å². The van der Waals surface area contributed by atoms with Gasteiger partial charge in [0, 0.05) is 18.0 Å². The lowest BCUT2D eigenvalue weighted by atomic mass is 9.97. The van der Waals surface area contributed by atoms with Crippen molar-refractivity contribution in [1.29, 1.82) is 0 Å². The average Bonchev–Trinajstić information content (AvgIpc) is 3.04. The largest absolute Gasteiger partial charge is 0.355 e. The molecule has 2 aromatic heterocycles. The van der Waals surface area contributed by atoms with Crippen LogP contribution in [0.3, 0.4) is 0 Å². The van der Waals surface area contributed by atoms with E-state index in [1.165, 1.54) is 22.9 Å². The van der Waals surface area contributed by atoms with E-state index in [9.17, 15) is 9.18 Å². The summed E-state index contributed by atoms with van der Waals surface area (Å²) in [7, 11) is 0. The van der Waals surface area contributed by atoms with Crippen LogP contribution >= 0.6 is 11.3 Å². The molecule has 0 radical (unpaired) electrons. The SMILES string of the molecule is C=CCn1c(NCCc2ccccc2F)nc2sc3c(c2c1=O)CCCC3. The van der Waals surface area contributed by atoms with Crippen molar-refractivity contribution in [2.75, 3.05) is 11.9 Å². The Bertz CT molecular complexity index is 1050. The predicted molar refractivity (Wildman–Crippen MR) is 109 cm³/mol. The molecule has 0 saturated heterocycles. The van der Waals surface area contributed by atoms with Gasteiger partial charge in [-0.15, -0.1) is 17.9 Å². The lowest BCUT2D eigenvalue weighted by molar-refractivity contribution is 0.610. The molecule has 0 fully saturated rings. The number of hydrogen-bond donors (Lipinski definition) is 1. The molecule has 0 unspecified atom stereocenters. The van der Waals surface area contributed by atoms with Gasteiger partial charge in [-0.25, -0.2) is 9.37 Å². The summed E-state index contributed by atoms with van der Waals surface area (Å²) in [4.78, 5) is 20.0. The number of nitrogens with one attached hydrogen (secondary N) is 1. The van der Waals surface area contributed by atoms with Gasteiger partial charge in [-0.1, -0.05) is 24.3 Å².